The average molecular weight is 456 g/mol. The van der Waals surface area contributed by atoms with Gasteiger partial charge in [-0.15, -0.1) is 0 Å². The Labute approximate surface area is 196 Å². The Hall–Kier alpha value is -2.34. The van der Waals surface area contributed by atoms with E-state index < -0.39 is 5.67 Å². The summed E-state index contributed by atoms with van der Waals surface area (Å²) >= 11 is 0. The maximum Gasteiger partial charge on any atom is 0.155 e. The van der Waals surface area contributed by atoms with E-state index in [1.807, 2.05) is 0 Å². The molecule has 0 spiro atoms. The SMILES string of the molecule is C[C@@H]1CC2=C(Cc3ccccc32)[C@@H](c2ncc(OCCCCCCF)cn2)N1CC(C)(C)F. The first kappa shape index (κ1) is 23.8. The normalized spacial score (nSPS) is 20.6. The topological polar surface area (TPSA) is 38.3 Å². The number of hydrogen-bond acceptors (Lipinski definition) is 4. The lowest BCUT2D eigenvalue weighted by Crippen LogP contribution is -2.47. The summed E-state index contributed by atoms with van der Waals surface area (Å²) < 4.78 is 32.8. The first-order chi connectivity index (χ1) is 15.9. The maximum absolute atomic E-state index is 14.8. The van der Waals surface area contributed by atoms with Gasteiger partial charge in [0.1, 0.15) is 11.5 Å². The fourth-order valence-corrected chi connectivity index (χ4v) is 5.09. The molecule has 6 heteroatoms. The third-order valence-electron chi connectivity index (χ3n) is 6.59. The van der Waals surface area contributed by atoms with Gasteiger partial charge in [-0.2, -0.15) is 0 Å². The molecule has 0 saturated heterocycles. The molecule has 4 rings (SSSR count). The quantitative estimate of drug-likeness (QED) is 0.395. The van der Waals surface area contributed by atoms with Gasteiger partial charge in [-0.1, -0.05) is 30.7 Å². The van der Waals surface area contributed by atoms with Gasteiger partial charge < -0.3 is 4.74 Å². The van der Waals surface area contributed by atoms with Gasteiger partial charge in [0.25, 0.3) is 0 Å². The molecular weight excluding hydrogens is 420 g/mol. The van der Waals surface area contributed by atoms with Crippen LogP contribution in [0.1, 0.15) is 75.9 Å². The van der Waals surface area contributed by atoms with E-state index in [0.717, 1.165) is 32.1 Å². The lowest BCUT2D eigenvalue weighted by Gasteiger charge is -2.43. The van der Waals surface area contributed by atoms with Crippen molar-refractivity contribution in [2.24, 2.45) is 0 Å². The highest BCUT2D eigenvalue weighted by Crippen LogP contribution is 2.48. The number of ether oxygens (including phenoxy) is 1. The second-order valence-electron chi connectivity index (χ2n) is 9.91. The van der Waals surface area contributed by atoms with E-state index in [4.69, 9.17) is 4.74 Å². The highest BCUT2D eigenvalue weighted by molar-refractivity contribution is 5.78. The molecule has 0 bridgehead atoms. The smallest absolute Gasteiger partial charge is 0.155 e. The van der Waals surface area contributed by atoms with Gasteiger partial charge in [-0.05, 0) is 75.1 Å². The molecule has 2 aromatic rings. The number of hydrogen-bond donors (Lipinski definition) is 0. The Morgan fingerprint density at radius 2 is 1.82 bits per heavy atom. The average Bonchev–Trinajstić information content (AvgIpc) is 3.14. The van der Waals surface area contributed by atoms with E-state index in [2.05, 4.69) is 46.1 Å². The van der Waals surface area contributed by atoms with E-state index in [0.29, 0.717) is 31.1 Å². The second kappa shape index (κ2) is 10.3. The molecule has 2 atom stereocenters. The van der Waals surface area contributed by atoms with Crippen molar-refractivity contribution >= 4 is 5.57 Å². The van der Waals surface area contributed by atoms with Crippen LogP contribution in [0.5, 0.6) is 5.75 Å². The van der Waals surface area contributed by atoms with Crippen LogP contribution in [-0.2, 0) is 6.42 Å². The summed E-state index contributed by atoms with van der Waals surface area (Å²) in [7, 11) is 0. The zero-order chi connectivity index (χ0) is 23.4. The minimum atomic E-state index is -1.32. The minimum absolute atomic E-state index is 0.152. The van der Waals surface area contributed by atoms with Crippen molar-refractivity contribution in [2.75, 3.05) is 19.8 Å². The molecule has 1 aromatic heterocycles. The number of alkyl halides is 2. The fourth-order valence-electron chi connectivity index (χ4n) is 5.09. The van der Waals surface area contributed by atoms with E-state index >= 15 is 0 Å². The van der Waals surface area contributed by atoms with Crippen molar-refractivity contribution in [3.8, 4) is 5.75 Å². The Morgan fingerprint density at radius 3 is 2.55 bits per heavy atom. The molecule has 2 aliphatic rings. The number of aromatic nitrogens is 2. The molecule has 2 heterocycles. The first-order valence-electron chi connectivity index (χ1n) is 12.1. The van der Waals surface area contributed by atoms with E-state index in [1.54, 1.807) is 26.2 Å². The number of rotatable bonds is 10. The van der Waals surface area contributed by atoms with Crippen LogP contribution in [0.2, 0.25) is 0 Å². The van der Waals surface area contributed by atoms with Crippen LogP contribution < -0.4 is 4.74 Å². The number of halogens is 2. The van der Waals surface area contributed by atoms with Crippen LogP contribution >= 0.6 is 0 Å². The van der Waals surface area contributed by atoms with Crippen LogP contribution in [0.15, 0.2) is 42.2 Å². The van der Waals surface area contributed by atoms with Crippen molar-refractivity contribution in [1.82, 2.24) is 14.9 Å². The Bertz CT molecular complexity index is 968. The number of fused-ring (bicyclic) bond motifs is 2. The molecule has 0 unspecified atom stereocenters. The molecule has 178 valence electrons. The molecule has 33 heavy (non-hydrogen) atoms. The van der Waals surface area contributed by atoms with E-state index in [1.165, 1.54) is 22.3 Å². The predicted octanol–water partition coefficient (Wildman–Crippen LogP) is 6.28. The van der Waals surface area contributed by atoms with E-state index in [-0.39, 0.29) is 18.8 Å². The molecule has 1 aliphatic heterocycles. The van der Waals surface area contributed by atoms with Crippen LogP contribution in [0.4, 0.5) is 8.78 Å². The van der Waals surface area contributed by atoms with Gasteiger partial charge >= 0.3 is 0 Å². The van der Waals surface area contributed by atoms with E-state index in [9.17, 15) is 8.78 Å². The van der Waals surface area contributed by atoms with Crippen molar-refractivity contribution in [3.05, 3.63) is 59.2 Å². The van der Waals surface area contributed by atoms with Crippen molar-refractivity contribution in [3.63, 3.8) is 0 Å². The Morgan fingerprint density at radius 1 is 1.09 bits per heavy atom. The minimum Gasteiger partial charge on any atom is -0.490 e. The Kier molecular flexibility index (Phi) is 7.42. The van der Waals surface area contributed by atoms with Gasteiger partial charge in [-0.25, -0.2) is 14.4 Å². The highest BCUT2D eigenvalue weighted by Gasteiger charge is 2.42. The van der Waals surface area contributed by atoms with Crippen molar-refractivity contribution in [2.45, 2.75) is 77.0 Å². The van der Waals surface area contributed by atoms with Crippen LogP contribution in [0.3, 0.4) is 0 Å². The first-order valence-corrected chi connectivity index (χ1v) is 12.1. The monoisotopic (exact) mass is 455 g/mol. The summed E-state index contributed by atoms with van der Waals surface area (Å²) in [5.74, 6) is 1.33. The zero-order valence-electron chi connectivity index (χ0n) is 20.0. The fraction of sp³-hybridized carbons (Fsp3) is 0.556. The number of nitrogens with zero attached hydrogens (tertiary/aromatic N) is 3. The van der Waals surface area contributed by atoms with Crippen molar-refractivity contribution < 1.29 is 13.5 Å². The summed E-state index contributed by atoms with van der Waals surface area (Å²) in [6, 6.07) is 8.58. The summed E-state index contributed by atoms with van der Waals surface area (Å²) in [5, 5.41) is 0. The van der Waals surface area contributed by atoms with Gasteiger partial charge in [-0.3, -0.25) is 9.29 Å². The molecule has 0 fully saturated rings. The Balaban J connectivity index is 1.55. The third kappa shape index (κ3) is 5.60. The molecule has 4 nitrogen and oxygen atoms in total. The third-order valence-corrected chi connectivity index (χ3v) is 6.59. The van der Waals surface area contributed by atoms with Crippen molar-refractivity contribution in [1.29, 1.82) is 0 Å². The summed E-state index contributed by atoms with van der Waals surface area (Å²) in [5.41, 5.74) is 3.99. The van der Waals surface area contributed by atoms with Gasteiger partial charge in [0.2, 0.25) is 0 Å². The highest BCUT2D eigenvalue weighted by atomic mass is 19.1. The summed E-state index contributed by atoms with van der Waals surface area (Å²) in [6.07, 6.45) is 8.55. The van der Waals surface area contributed by atoms with Crippen LogP contribution in [0, 0.1) is 0 Å². The van der Waals surface area contributed by atoms with Crippen LogP contribution in [0.25, 0.3) is 5.57 Å². The lowest BCUT2D eigenvalue weighted by molar-refractivity contribution is 0.0673. The largest absolute Gasteiger partial charge is 0.490 e. The standard InChI is InChI=1S/C27H35F2N3O/c1-19-14-23-22-11-7-6-10-20(22)15-24(23)25(32(19)18-27(2,3)29)26-30-16-21(17-31-26)33-13-9-5-4-8-12-28/h6-7,10-11,16-17,19,25H,4-5,8-9,12-15,18H2,1-3H3/t19-,25+/m1/s1. The van der Waals surface area contributed by atoms with Gasteiger partial charge in [0.05, 0.1) is 31.7 Å². The molecule has 1 aromatic carbocycles. The molecule has 0 saturated carbocycles. The molecule has 0 radical (unpaired) electrons. The summed E-state index contributed by atoms with van der Waals surface area (Å²) in [6.45, 7) is 6.08. The maximum atomic E-state index is 14.8. The molecule has 0 N–H and O–H groups in total. The molecule has 0 amide bonds. The molecule has 1 aliphatic carbocycles. The molecular formula is C27H35F2N3O. The predicted molar refractivity (Wildman–Crippen MR) is 128 cm³/mol. The van der Waals surface area contributed by atoms with Gasteiger partial charge in [0.15, 0.2) is 5.75 Å². The summed E-state index contributed by atoms with van der Waals surface area (Å²) in [4.78, 5) is 11.6. The second-order valence-corrected chi connectivity index (χ2v) is 9.91. The number of benzene rings is 1. The van der Waals surface area contributed by atoms with Crippen LogP contribution in [-0.4, -0.2) is 46.4 Å². The van der Waals surface area contributed by atoms with Gasteiger partial charge in [0, 0.05) is 12.6 Å². The zero-order valence-corrected chi connectivity index (χ0v) is 20.0. The number of unbranched alkanes of at least 4 members (excludes halogenated alkanes) is 3. The lowest BCUT2D eigenvalue weighted by atomic mass is 9.87.